The summed E-state index contributed by atoms with van der Waals surface area (Å²) in [7, 11) is 1.30. The molecule has 2 amide bonds. The fourth-order valence-electron chi connectivity index (χ4n) is 3.03. The van der Waals surface area contributed by atoms with Gasteiger partial charge >= 0.3 is 6.18 Å². The van der Waals surface area contributed by atoms with E-state index < -0.39 is 34.8 Å². The molecule has 2 aromatic rings. The van der Waals surface area contributed by atoms with Crippen molar-refractivity contribution >= 4 is 17.5 Å². The van der Waals surface area contributed by atoms with Gasteiger partial charge in [0.05, 0.1) is 5.56 Å². The number of hydrogen-bond donors (Lipinski definition) is 1. The van der Waals surface area contributed by atoms with Crippen LogP contribution in [0.2, 0.25) is 0 Å². The predicted molar refractivity (Wildman–Crippen MR) is 91.4 cm³/mol. The normalized spacial score (nSPS) is 17.3. The van der Waals surface area contributed by atoms with Crippen LogP contribution in [0.3, 0.4) is 0 Å². The van der Waals surface area contributed by atoms with Crippen LogP contribution in [-0.2, 0) is 11.0 Å². The van der Waals surface area contributed by atoms with Crippen LogP contribution in [0.5, 0.6) is 0 Å². The molecule has 3 rings (SSSR count). The van der Waals surface area contributed by atoms with Crippen LogP contribution in [0.15, 0.2) is 47.4 Å². The van der Waals surface area contributed by atoms with Gasteiger partial charge in [-0.2, -0.15) is 13.2 Å². The number of nitrogens with one attached hydrogen (secondary N) is 1. The second kappa shape index (κ2) is 6.90. The van der Waals surface area contributed by atoms with E-state index in [9.17, 15) is 27.6 Å². The molecular formula is C18H16F3N3O3. The molecule has 2 heterocycles. The Labute approximate surface area is 152 Å². The van der Waals surface area contributed by atoms with Crippen molar-refractivity contribution in [3.8, 4) is 0 Å². The number of halogens is 3. The number of H-pyrrole nitrogens is 1. The van der Waals surface area contributed by atoms with Crippen molar-refractivity contribution < 1.29 is 22.8 Å². The maximum atomic E-state index is 12.9. The van der Waals surface area contributed by atoms with Crippen molar-refractivity contribution in [3.05, 3.63) is 64.1 Å². The number of para-hydroxylation sites is 1. The number of carbonyl (C=O) groups is 2. The van der Waals surface area contributed by atoms with Gasteiger partial charge in [-0.3, -0.25) is 14.4 Å². The number of hydrogen-bond acceptors (Lipinski definition) is 3. The molecule has 0 radical (unpaired) electrons. The first-order chi connectivity index (χ1) is 12.7. The fraction of sp³-hybridized carbons (Fsp3) is 0.278. The van der Waals surface area contributed by atoms with E-state index in [1.54, 1.807) is 30.3 Å². The summed E-state index contributed by atoms with van der Waals surface area (Å²) < 4.78 is 38.6. The maximum Gasteiger partial charge on any atom is 0.417 e. The van der Waals surface area contributed by atoms with E-state index >= 15 is 0 Å². The number of benzene rings is 1. The van der Waals surface area contributed by atoms with Gasteiger partial charge in [0.1, 0.15) is 11.6 Å². The van der Waals surface area contributed by atoms with Gasteiger partial charge in [0.25, 0.3) is 11.5 Å². The Morgan fingerprint density at radius 2 is 1.89 bits per heavy atom. The summed E-state index contributed by atoms with van der Waals surface area (Å²) in [6, 6.07) is 8.49. The number of rotatable bonds is 3. The van der Waals surface area contributed by atoms with Crippen molar-refractivity contribution in [1.29, 1.82) is 0 Å². The molecule has 0 bridgehead atoms. The summed E-state index contributed by atoms with van der Waals surface area (Å²) in [5.74, 6) is -1.28. The van der Waals surface area contributed by atoms with Gasteiger partial charge < -0.3 is 14.8 Å². The third-order valence-corrected chi connectivity index (χ3v) is 4.49. The van der Waals surface area contributed by atoms with Crippen LogP contribution in [0.1, 0.15) is 22.3 Å². The minimum atomic E-state index is -4.70. The van der Waals surface area contributed by atoms with Crippen LogP contribution in [0.4, 0.5) is 18.9 Å². The summed E-state index contributed by atoms with van der Waals surface area (Å²) in [5, 5.41) is 0. The Kier molecular flexibility index (Phi) is 4.77. The van der Waals surface area contributed by atoms with E-state index in [0.717, 1.165) is 4.90 Å². The first-order valence-electron chi connectivity index (χ1n) is 8.13. The number of carbonyl (C=O) groups excluding carboxylic acids is 2. The topological polar surface area (TPSA) is 73.5 Å². The highest BCUT2D eigenvalue weighted by Crippen LogP contribution is 2.29. The summed E-state index contributed by atoms with van der Waals surface area (Å²) >= 11 is 0. The molecule has 1 aromatic heterocycles. The number of pyridine rings is 1. The lowest BCUT2D eigenvalue weighted by Gasteiger charge is -2.24. The second-order valence-corrected chi connectivity index (χ2v) is 6.17. The van der Waals surface area contributed by atoms with Crippen molar-refractivity contribution in [2.45, 2.75) is 18.6 Å². The standard InChI is InChI=1S/C18H16F3N3O3/c1-23(14-7-8-24(17(14)27)12-5-3-2-4-6-12)16(26)13-9-11(18(19,20)21)10-22-15(13)25/h2-6,9-10,14H,7-8H2,1H3,(H,22,25). The molecule has 9 heteroatoms. The zero-order valence-corrected chi connectivity index (χ0v) is 14.3. The Morgan fingerprint density at radius 1 is 1.22 bits per heavy atom. The highest BCUT2D eigenvalue weighted by atomic mass is 19.4. The molecule has 27 heavy (non-hydrogen) atoms. The average Bonchev–Trinajstić information content (AvgIpc) is 3.02. The lowest BCUT2D eigenvalue weighted by molar-refractivity contribution is -0.137. The van der Waals surface area contributed by atoms with Crippen molar-refractivity contribution in [1.82, 2.24) is 9.88 Å². The molecule has 1 aliphatic rings. The zero-order valence-electron chi connectivity index (χ0n) is 14.3. The number of amides is 2. The number of likely N-dealkylation sites (N-methyl/N-ethyl adjacent to an activating group) is 1. The first kappa shape index (κ1) is 18.7. The van der Waals surface area contributed by atoms with Crippen molar-refractivity contribution in [2.75, 3.05) is 18.5 Å². The fourth-order valence-corrected chi connectivity index (χ4v) is 3.03. The van der Waals surface area contributed by atoms with E-state index in [4.69, 9.17) is 0 Å². The van der Waals surface area contributed by atoms with E-state index in [0.29, 0.717) is 30.9 Å². The van der Waals surface area contributed by atoms with E-state index in [1.165, 1.54) is 11.9 Å². The molecule has 142 valence electrons. The largest absolute Gasteiger partial charge is 0.417 e. The minimum Gasteiger partial charge on any atom is -0.329 e. The number of aromatic amines is 1. The summed E-state index contributed by atoms with van der Waals surface area (Å²) in [6.07, 6.45) is -3.88. The van der Waals surface area contributed by atoms with Crippen LogP contribution < -0.4 is 10.5 Å². The number of anilines is 1. The predicted octanol–water partition coefficient (Wildman–Crippen LogP) is 2.27. The van der Waals surface area contributed by atoms with Crippen molar-refractivity contribution in [2.24, 2.45) is 0 Å². The van der Waals surface area contributed by atoms with Crippen LogP contribution >= 0.6 is 0 Å². The Morgan fingerprint density at radius 3 is 2.52 bits per heavy atom. The molecule has 0 spiro atoms. The van der Waals surface area contributed by atoms with Gasteiger partial charge in [-0.25, -0.2) is 0 Å². The third-order valence-electron chi connectivity index (χ3n) is 4.49. The van der Waals surface area contributed by atoms with Gasteiger partial charge in [0.15, 0.2) is 0 Å². The summed E-state index contributed by atoms with van der Waals surface area (Å²) in [6.45, 7) is 0.365. The SMILES string of the molecule is CN(C(=O)c1cc(C(F)(F)F)c[nH]c1=O)C1CCN(c2ccccc2)C1=O. The van der Waals surface area contributed by atoms with Gasteiger partial charge in [0.2, 0.25) is 5.91 Å². The lowest BCUT2D eigenvalue weighted by atomic mass is 10.1. The molecule has 1 atom stereocenters. The molecule has 1 fully saturated rings. The highest BCUT2D eigenvalue weighted by Gasteiger charge is 2.38. The molecule has 1 saturated heterocycles. The van der Waals surface area contributed by atoms with E-state index in [1.807, 2.05) is 4.98 Å². The average molecular weight is 379 g/mol. The smallest absolute Gasteiger partial charge is 0.329 e. The Bertz CT molecular complexity index is 925. The summed E-state index contributed by atoms with van der Waals surface area (Å²) in [4.78, 5) is 41.6. The van der Waals surface area contributed by atoms with Crippen LogP contribution in [-0.4, -0.2) is 41.3 Å². The monoisotopic (exact) mass is 379 g/mol. The lowest BCUT2D eigenvalue weighted by Crippen LogP contribution is -2.44. The number of alkyl halides is 3. The van der Waals surface area contributed by atoms with Gasteiger partial charge in [-0.1, -0.05) is 18.2 Å². The molecule has 0 saturated carbocycles. The molecule has 1 aliphatic heterocycles. The van der Waals surface area contributed by atoms with Gasteiger partial charge in [0, 0.05) is 25.5 Å². The Hall–Kier alpha value is -3.10. The molecule has 1 N–H and O–H groups in total. The van der Waals surface area contributed by atoms with Crippen LogP contribution in [0, 0.1) is 0 Å². The van der Waals surface area contributed by atoms with Gasteiger partial charge in [-0.15, -0.1) is 0 Å². The molecule has 1 unspecified atom stereocenters. The quantitative estimate of drug-likeness (QED) is 0.889. The minimum absolute atomic E-state index is 0.312. The molecule has 6 nitrogen and oxygen atoms in total. The van der Waals surface area contributed by atoms with E-state index in [2.05, 4.69) is 0 Å². The van der Waals surface area contributed by atoms with Crippen LogP contribution in [0.25, 0.3) is 0 Å². The Balaban J connectivity index is 1.84. The summed E-state index contributed by atoms with van der Waals surface area (Å²) in [5.41, 5.74) is -2.06. The van der Waals surface area contributed by atoms with Gasteiger partial charge in [-0.05, 0) is 24.6 Å². The highest BCUT2D eigenvalue weighted by molar-refractivity contribution is 6.03. The second-order valence-electron chi connectivity index (χ2n) is 6.17. The van der Waals surface area contributed by atoms with Crippen molar-refractivity contribution in [3.63, 3.8) is 0 Å². The zero-order chi connectivity index (χ0) is 19.8. The molecular weight excluding hydrogens is 363 g/mol. The molecule has 1 aromatic carbocycles. The number of aromatic nitrogens is 1. The van der Waals surface area contributed by atoms with E-state index in [-0.39, 0.29) is 5.91 Å². The first-order valence-corrected chi connectivity index (χ1v) is 8.13. The maximum absolute atomic E-state index is 12.9. The number of nitrogens with zero attached hydrogens (tertiary/aromatic N) is 2. The third kappa shape index (κ3) is 3.57. The molecule has 0 aliphatic carbocycles.